The van der Waals surface area contributed by atoms with Crippen LogP contribution in [0.15, 0.2) is 81.4 Å². The molecule has 0 saturated carbocycles. The lowest BCUT2D eigenvalue weighted by molar-refractivity contribution is -0.0987. The smallest absolute Gasteiger partial charge is 0.240 e. The van der Waals surface area contributed by atoms with Crippen molar-refractivity contribution in [3.8, 4) is 0 Å². The van der Waals surface area contributed by atoms with Crippen LogP contribution in [-0.4, -0.2) is 42.7 Å². The summed E-state index contributed by atoms with van der Waals surface area (Å²) in [7, 11) is -7.55. The number of hydrogen-bond acceptors (Lipinski definition) is 7. The van der Waals surface area contributed by atoms with Gasteiger partial charge in [-0.05, 0) is 47.2 Å². The van der Waals surface area contributed by atoms with Crippen LogP contribution in [0.5, 0.6) is 0 Å². The quantitative estimate of drug-likeness (QED) is 0.388. The van der Waals surface area contributed by atoms with Crippen molar-refractivity contribution >= 4 is 56.2 Å². The van der Waals surface area contributed by atoms with Gasteiger partial charge in [0.15, 0.2) is 0 Å². The number of carbonyl (C=O) groups excluding carboxylic acids is 2. The lowest BCUT2D eigenvalue weighted by Gasteiger charge is -2.08. The Morgan fingerprint density at radius 2 is 1.32 bits per heavy atom. The number of fused-ring (bicyclic) bond motifs is 1. The van der Waals surface area contributed by atoms with Crippen LogP contribution in [0.3, 0.4) is 0 Å². The van der Waals surface area contributed by atoms with E-state index in [1.54, 1.807) is 23.9 Å². The van der Waals surface area contributed by atoms with Crippen LogP contribution in [0.25, 0.3) is 10.8 Å². The Morgan fingerprint density at radius 1 is 0.774 bits per heavy atom. The normalized spacial score (nSPS) is 11.0. The van der Waals surface area contributed by atoms with Crippen molar-refractivity contribution in [1.29, 1.82) is 0 Å². The second-order valence-corrected chi connectivity index (χ2v) is 10.3. The lowest BCUT2D eigenvalue weighted by Crippen LogP contribution is -2.26. The van der Waals surface area contributed by atoms with E-state index in [2.05, 4.69) is 4.72 Å². The number of nitrogens with two attached hydrogens (primary N) is 1. The molecule has 3 rings (SSSR count). The van der Waals surface area contributed by atoms with Crippen LogP contribution in [0, 0.1) is 0 Å². The zero-order valence-corrected chi connectivity index (χ0v) is 18.9. The molecule has 0 radical (unpaired) electrons. The summed E-state index contributed by atoms with van der Waals surface area (Å²) in [5, 5.41) is 6.35. The summed E-state index contributed by atoms with van der Waals surface area (Å²) >= 11 is 1.56. The van der Waals surface area contributed by atoms with Gasteiger partial charge in [0.1, 0.15) is 13.6 Å². The Bertz CT molecular complexity index is 1200. The zero-order valence-electron chi connectivity index (χ0n) is 16.4. The monoisotopic (exact) mass is 482 g/mol. The van der Waals surface area contributed by atoms with E-state index in [0.717, 1.165) is 10.3 Å². The lowest BCUT2D eigenvalue weighted by atomic mass is 10.1. The van der Waals surface area contributed by atoms with Crippen molar-refractivity contribution in [2.24, 2.45) is 5.14 Å². The molecular weight excluding hydrogens is 460 g/mol. The molecule has 0 fully saturated rings. The minimum Gasteiger partial charge on any atom is -0.307 e. The molecule has 166 valence electrons. The van der Waals surface area contributed by atoms with E-state index in [-0.39, 0.29) is 16.3 Å². The summed E-state index contributed by atoms with van der Waals surface area (Å²) in [5.74, 6) is 0.590. The number of carbonyl (C=O) groups is 2. The highest BCUT2D eigenvalue weighted by atomic mass is 32.2. The van der Waals surface area contributed by atoms with Crippen LogP contribution in [-0.2, 0) is 29.6 Å². The number of primary sulfonamides is 1. The fourth-order valence-corrected chi connectivity index (χ4v) is 5.03. The molecule has 3 aromatic rings. The fourth-order valence-electron chi connectivity index (χ4n) is 2.49. The molecule has 0 aromatic heterocycles. The van der Waals surface area contributed by atoms with Gasteiger partial charge in [-0.3, -0.25) is 0 Å². The van der Waals surface area contributed by atoms with E-state index in [0.29, 0.717) is 11.1 Å². The predicted molar refractivity (Wildman–Crippen MR) is 122 cm³/mol. The fraction of sp³-hybridized carbons (Fsp3) is 0.100. The SMILES string of the molecule is C=O.C=O.NS(=O)(=O)c1ccc2ccc(S(=O)(=O)NCCSc3ccccc3)cc2c1. The summed E-state index contributed by atoms with van der Waals surface area (Å²) in [6.07, 6.45) is 0. The van der Waals surface area contributed by atoms with Crippen LogP contribution in [0.2, 0.25) is 0 Å². The second-order valence-electron chi connectivity index (χ2n) is 5.78. The van der Waals surface area contributed by atoms with Gasteiger partial charge < -0.3 is 9.59 Å². The second kappa shape index (κ2) is 12.3. The average molecular weight is 483 g/mol. The topological polar surface area (TPSA) is 140 Å². The summed E-state index contributed by atoms with van der Waals surface area (Å²) in [4.78, 5) is 17.1. The summed E-state index contributed by atoms with van der Waals surface area (Å²) in [6, 6.07) is 18.6. The molecule has 3 aromatic carbocycles. The molecule has 0 saturated heterocycles. The first-order chi connectivity index (χ1) is 14.8. The molecule has 0 aliphatic rings. The molecule has 0 amide bonds. The molecule has 3 N–H and O–H groups in total. The number of hydrogen-bond donors (Lipinski definition) is 2. The maximum atomic E-state index is 12.5. The molecule has 31 heavy (non-hydrogen) atoms. The van der Waals surface area contributed by atoms with Crippen molar-refractivity contribution in [3.63, 3.8) is 0 Å². The first-order valence-corrected chi connectivity index (χ1v) is 12.6. The molecule has 0 bridgehead atoms. The van der Waals surface area contributed by atoms with E-state index in [9.17, 15) is 16.8 Å². The highest BCUT2D eigenvalue weighted by molar-refractivity contribution is 7.99. The number of sulfonamides is 2. The number of nitrogens with one attached hydrogen (secondary N) is 1. The maximum absolute atomic E-state index is 12.5. The van der Waals surface area contributed by atoms with Gasteiger partial charge in [0.25, 0.3) is 0 Å². The molecule has 0 heterocycles. The van der Waals surface area contributed by atoms with Crippen molar-refractivity contribution < 1.29 is 26.4 Å². The summed E-state index contributed by atoms with van der Waals surface area (Å²) < 4.78 is 50.6. The maximum Gasteiger partial charge on any atom is 0.240 e. The Labute approximate surface area is 185 Å². The number of benzene rings is 3. The molecule has 8 nitrogen and oxygen atoms in total. The van der Waals surface area contributed by atoms with Crippen molar-refractivity contribution in [3.05, 3.63) is 66.7 Å². The summed E-state index contributed by atoms with van der Waals surface area (Å²) in [5.41, 5.74) is 0. The van der Waals surface area contributed by atoms with Crippen molar-refractivity contribution in [2.45, 2.75) is 14.7 Å². The van der Waals surface area contributed by atoms with E-state index in [4.69, 9.17) is 14.7 Å². The number of rotatable bonds is 7. The third-order valence-corrected chi connectivity index (χ3v) is 7.21. The van der Waals surface area contributed by atoms with Gasteiger partial charge in [-0.15, -0.1) is 11.8 Å². The van der Waals surface area contributed by atoms with E-state index < -0.39 is 20.0 Å². The number of thioether (sulfide) groups is 1. The molecule has 0 atom stereocenters. The summed E-state index contributed by atoms with van der Waals surface area (Å²) in [6.45, 7) is 4.27. The van der Waals surface area contributed by atoms with Crippen molar-refractivity contribution in [2.75, 3.05) is 12.3 Å². The Kier molecular flexibility index (Phi) is 10.5. The largest absolute Gasteiger partial charge is 0.307 e. The van der Waals surface area contributed by atoms with E-state index in [1.807, 2.05) is 43.9 Å². The Hall–Kier alpha value is -2.57. The highest BCUT2D eigenvalue weighted by Gasteiger charge is 2.15. The van der Waals surface area contributed by atoms with E-state index in [1.165, 1.54) is 24.3 Å². The first kappa shape index (κ1) is 26.5. The molecule has 0 aliphatic heterocycles. The van der Waals surface area contributed by atoms with Gasteiger partial charge in [-0.1, -0.05) is 30.3 Å². The highest BCUT2D eigenvalue weighted by Crippen LogP contribution is 2.22. The van der Waals surface area contributed by atoms with Crippen LogP contribution in [0.4, 0.5) is 0 Å². The Morgan fingerprint density at radius 3 is 1.90 bits per heavy atom. The molecule has 0 unspecified atom stereocenters. The van der Waals surface area contributed by atoms with Crippen LogP contribution in [0.1, 0.15) is 0 Å². The van der Waals surface area contributed by atoms with Gasteiger partial charge in [0.05, 0.1) is 9.79 Å². The molecule has 11 heteroatoms. The van der Waals surface area contributed by atoms with Gasteiger partial charge in [-0.25, -0.2) is 26.7 Å². The standard InChI is InChI=1S/C18H18N2O4S3.2CH2O/c19-26(21,22)17-8-6-14-7-9-18(13-15(14)12-17)27(23,24)20-10-11-25-16-4-2-1-3-5-16;2*1-2/h1-9,12-13,20H,10-11H2,(H2,19,21,22);2*1H2. The van der Waals surface area contributed by atoms with Gasteiger partial charge in [0.2, 0.25) is 20.0 Å². The third-order valence-electron chi connectivity index (χ3n) is 3.83. The van der Waals surface area contributed by atoms with Crippen molar-refractivity contribution in [1.82, 2.24) is 4.72 Å². The third kappa shape index (κ3) is 7.89. The zero-order chi connectivity index (χ0) is 23.5. The average Bonchev–Trinajstić information content (AvgIpc) is 2.79. The van der Waals surface area contributed by atoms with Gasteiger partial charge >= 0.3 is 0 Å². The van der Waals surface area contributed by atoms with Gasteiger partial charge in [0, 0.05) is 17.2 Å². The predicted octanol–water partition coefficient (Wildman–Crippen LogP) is 2.19. The van der Waals surface area contributed by atoms with E-state index >= 15 is 0 Å². The van der Waals surface area contributed by atoms with Gasteiger partial charge in [-0.2, -0.15) is 0 Å². The first-order valence-electron chi connectivity index (χ1n) is 8.58. The minimum absolute atomic E-state index is 0.0585. The minimum atomic E-state index is -3.85. The van der Waals surface area contributed by atoms with Crippen LogP contribution < -0.4 is 9.86 Å². The Balaban J connectivity index is 0.00000113. The molecular formula is C20H22N2O6S3. The van der Waals surface area contributed by atoms with Crippen LogP contribution >= 0.6 is 11.8 Å². The molecule has 0 aliphatic carbocycles. The molecule has 0 spiro atoms.